The van der Waals surface area contributed by atoms with Crippen molar-refractivity contribution in [2.24, 2.45) is 0 Å². The van der Waals surface area contributed by atoms with Crippen LogP contribution in [0.15, 0.2) is 191 Å². The summed E-state index contributed by atoms with van der Waals surface area (Å²) < 4.78 is 2.53. The molecule has 0 amide bonds. The molecule has 0 radical (unpaired) electrons. The minimum absolute atomic E-state index is 0.179. The Bertz CT molecular complexity index is 2600. The molecule has 1 aromatic heterocycles. The first-order valence-electron chi connectivity index (χ1n) is 17.8. The quantitative estimate of drug-likeness (QED) is 0.182. The molecule has 2 heterocycles. The smallest absolute Gasteiger partial charge is 0.0616 e. The molecule has 244 valence electrons. The first-order chi connectivity index (χ1) is 25.3. The number of hydrogen-bond donors (Lipinski definition) is 0. The first-order valence-corrected chi connectivity index (χ1v) is 19.5. The Morgan fingerprint density at radius 1 is 0.569 bits per heavy atom. The van der Waals surface area contributed by atoms with Crippen molar-refractivity contribution in [1.29, 1.82) is 0 Å². The van der Waals surface area contributed by atoms with Crippen LogP contribution in [0.4, 0.5) is 0 Å². The highest BCUT2D eigenvalue weighted by Gasteiger charge is 2.33. The maximum Gasteiger partial charge on any atom is 0.0616 e. The van der Waals surface area contributed by atoms with Crippen LogP contribution in [0.2, 0.25) is 0 Å². The van der Waals surface area contributed by atoms with E-state index in [9.17, 15) is 0 Å². The molecule has 1 aliphatic heterocycles. The van der Waals surface area contributed by atoms with Gasteiger partial charge in [-0.3, -0.25) is 0 Å². The maximum atomic E-state index is 2.53. The molecule has 0 fully saturated rings. The molecule has 0 saturated carbocycles. The fourth-order valence-corrected chi connectivity index (χ4v) is 10.8. The maximum absolute atomic E-state index is 2.53. The lowest BCUT2D eigenvalue weighted by molar-refractivity contribution is 0.867. The summed E-state index contributed by atoms with van der Waals surface area (Å²) in [5.41, 5.74) is 13.1. The van der Waals surface area contributed by atoms with Gasteiger partial charge in [-0.2, -0.15) is 0 Å². The van der Waals surface area contributed by atoms with Crippen LogP contribution >= 0.6 is 23.5 Å². The highest BCUT2D eigenvalue weighted by Crippen LogP contribution is 2.53. The molecule has 0 N–H and O–H groups in total. The number of hydrogen-bond acceptors (Lipinski definition) is 2. The third-order valence-electron chi connectivity index (χ3n) is 10.5. The molecular weight excluding hydrogens is 655 g/mol. The number of aromatic nitrogens is 1. The lowest BCUT2D eigenvalue weighted by Crippen LogP contribution is -2.19. The van der Waals surface area contributed by atoms with Gasteiger partial charge in [0.1, 0.15) is 0 Å². The van der Waals surface area contributed by atoms with Gasteiger partial charge in [0.25, 0.3) is 0 Å². The third-order valence-corrected chi connectivity index (χ3v) is 13.0. The zero-order valence-corrected chi connectivity index (χ0v) is 29.7. The molecule has 0 bridgehead atoms. The van der Waals surface area contributed by atoms with Crippen molar-refractivity contribution < 1.29 is 0 Å². The standard InChI is InChI=1S/C48H35NS2/c1-3-15-32(16-4-1)35-22-14-28-45-47(35)41-30-29-33(31-46(41)51-44-27-12-9-21-39(44)38-20-8-11-26-43(38)50-45)36-23-13-24-40-37-19-7-10-25-42(37)49(48(36)40)34-17-5-2-6-18-34/h1-5,7-17,19-31,45,47H,6,18H2. The van der Waals surface area contributed by atoms with Gasteiger partial charge in [-0.1, -0.05) is 157 Å². The fourth-order valence-electron chi connectivity index (χ4n) is 8.23. The monoisotopic (exact) mass is 689 g/mol. The summed E-state index contributed by atoms with van der Waals surface area (Å²) in [6.07, 6.45) is 15.9. The van der Waals surface area contributed by atoms with Crippen molar-refractivity contribution in [2.75, 3.05) is 0 Å². The zero-order chi connectivity index (χ0) is 33.7. The van der Waals surface area contributed by atoms with Crippen LogP contribution in [0.5, 0.6) is 0 Å². The second-order valence-corrected chi connectivity index (χ2v) is 15.8. The van der Waals surface area contributed by atoms with Gasteiger partial charge in [0.05, 0.1) is 11.0 Å². The van der Waals surface area contributed by atoms with Gasteiger partial charge in [-0.25, -0.2) is 0 Å². The Labute approximate surface area is 307 Å². The van der Waals surface area contributed by atoms with Gasteiger partial charge in [0, 0.05) is 47.9 Å². The van der Waals surface area contributed by atoms with E-state index in [1.54, 1.807) is 0 Å². The molecule has 3 aliphatic rings. The summed E-state index contributed by atoms with van der Waals surface area (Å²) in [6.45, 7) is 0. The van der Waals surface area contributed by atoms with Crippen LogP contribution in [-0.4, -0.2) is 9.82 Å². The minimum Gasteiger partial charge on any atom is -0.312 e. The van der Waals surface area contributed by atoms with Gasteiger partial charge in [0.15, 0.2) is 0 Å². The van der Waals surface area contributed by atoms with Gasteiger partial charge >= 0.3 is 0 Å². The van der Waals surface area contributed by atoms with Crippen molar-refractivity contribution in [3.8, 4) is 22.3 Å². The Morgan fingerprint density at radius 2 is 1.31 bits per heavy atom. The lowest BCUT2D eigenvalue weighted by atomic mass is 9.81. The number of rotatable bonds is 3. The van der Waals surface area contributed by atoms with Gasteiger partial charge in [-0.15, -0.1) is 11.8 Å². The van der Waals surface area contributed by atoms with Crippen molar-refractivity contribution in [3.05, 3.63) is 187 Å². The predicted molar refractivity (Wildman–Crippen MR) is 219 cm³/mol. The number of nitrogens with zero attached hydrogens (tertiary/aromatic N) is 1. The summed E-state index contributed by atoms with van der Waals surface area (Å²) >= 11 is 3.91. The average molecular weight is 690 g/mol. The summed E-state index contributed by atoms with van der Waals surface area (Å²) in [4.78, 5) is 3.92. The molecule has 1 nitrogen and oxygen atoms in total. The third kappa shape index (κ3) is 5.26. The van der Waals surface area contributed by atoms with Crippen LogP contribution in [0.25, 0.3) is 55.3 Å². The molecule has 2 unspecified atom stereocenters. The van der Waals surface area contributed by atoms with Crippen molar-refractivity contribution in [1.82, 2.24) is 4.57 Å². The Balaban J connectivity index is 1.23. The Hall–Kier alpha value is -5.22. The van der Waals surface area contributed by atoms with Crippen molar-refractivity contribution in [2.45, 2.75) is 38.7 Å². The molecule has 0 spiro atoms. The predicted octanol–water partition coefficient (Wildman–Crippen LogP) is 13.7. The van der Waals surface area contributed by atoms with Gasteiger partial charge in [0.2, 0.25) is 0 Å². The van der Waals surface area contributed by atoms with E-state index in [1.807, 2.05) is 23.5 Å². The van der Waals surface area contributed by atoms with E-state index in [2.05, 4.69) is 181 Å². The summed E-state index contributed by atoms with van der Waals surface area (Å²) in [6, 6.07) is 52.0. The number of allylic oxidation sites excluding steroid dienone is 7. The van der Waals surface area contributed by atoms with Gasteiger partial charge in [-0.05, 0) is 76.6 Å². The van der Waals surface area contributed by atoms with Crippen LogP contribution in [0.3, 0.4) is 0 Å². The summed E-state index contributed by atoms with van der Waals surface area (Å²) in [5, 5.41) is 2.84. The van der Waals surface area contributed by atoms with Crippen molar-refractivity contribution >= 4 is 56.6 Å². The molecular formula is C48H35NS2. The molecule has 3 heteroatoms. The van der Waals surface area contributed by atoms with Gasteiger partial charge < -0.3 is 4.57 Å². The van der Waals surface area contributed by atoms with E-state index in [1.165, 1.54) is 81.1 Å². The SMILES string of the molecule is C1=CCCC(n2c3ccccc3c3cccc(-c4ccc5c(c4)Sc4ccccc4-c4ccccc4SC4C=CC=C(c6ccccc6)C54)c32)=C1. The van der Waals surface area contributed by atoms with Crippen LogP contribution in [0.1, 0.15) is 29.9 Å². The lowest BCUT2D eigenvalue weighted by Gasteiger charge is -2.33. The number of fused-ring (bicyclic) bond motifs is 9. The van der Waals surface area contributed by atoms with E-state index >= 15 is 0 Å². The Kier molecular flexibility index (Phi) is 7.70. The number of benzene rings is 6. The van der Waals surface area contributed by atoms with E-state index in [0.29, 0.717) is 0 Å². The second kappa shape index (κ2) is 12.8. The topological polar surface area (TPSA) is 4.93 Å². The van der Waals surface area contributed by atoms with Crippen LogP contribution in [-0.2, 0) is 0 Å². The fraction of sp³-hybridized carbons (Fsp3) is 0.0833. The average Bonchev–Trinajstić information content (AvgIpc) is 3.54. The van der Waals surface area contributed by atoms with E-state index < -0.39 is 0 Å². The molecule has 51 heavy (non-hydrogen) atoms. The van der Waals surface area contributed by atoms with E-state index in [0.717, 1.165) is 12.8 Å². The highest BCUT2D eigenvalue weighted by molar-refractivity contribution is 8.00. The summed E-state index contributed by atoms with van der Waals surface area (Å²) in [5.74, 6) is 0.179. The number of para-hydroxylation sites is 2. The molecule has 6 aromatic carbocycles. The molecule has 2 atom stereocenters. The molecule has 0 saturated heterocycles. The normalized spacial score (nSPS) is 18.0. The van der Waals surface area contributed by atoms with Crippen LogP contribution in [0, 0.1) is 0 Å². The molecule has 2 aliphatic carbocycles. The van der Waals surface area contributed by atoms with Crippen molar-refractivity contribution in [3.63, 3.8) is 0 Å². The summed E-state index contributed by atoms with van der Waals surface area (Å²) in [7, 11) is 0. The van der Waals surface area contributed by atoms with E-state index in [-0.39, 0.29) is 11.2 Å². The second-order valence-electron chi connectivity index (χ2n) is 13.5. The van der Waals surface area contributed by atoms with Crippen LogP contribution < -0.4 is 0 Å². The first kappa shape index (κ1) is 30.6. The zero-order valence-electron chi connectivity index (χ0n) is 28.1. The molecule has 10 rings (SSSR count). The Morgan fingerprint density at radius 3 is 2.18 bits per heavy atom. The highest BCUT2D eigenvalue weighted by atomic mass is 32.2. The molecule has 7 aromatic rings. The number of thioether (sulfide) groups is 1. The minimum atomic E-state index is 0.179. The van der Waals surface area contributed by atoms with E-state index in [4.69, 9.17) is 0 Å². The largest absolute Gasteiger partial charge is 0.312 e.